The van der Waals surface area contributed by atoms with Gasteiger partial charge >= 0.3 is 5.97 Å². The lowest BCUT2D eigenvalue weighted by Crippen LogP contribution is -2.14. The number of carboxylic acids is 1. The molecule has 96 valence electrons. The molecule has 2 N–H and O–H groups in total. The zero-order chi connectivity index (χ0) is 13.8. The third kappa shape index (κ3) is 3.16. The average molecular weight is 256 g/mol. The highest BCUT2D eigenvalue weighted by molar-refractivity contribution is 6.04. The monoisotopic (exact) mass is 256 g/mol. The SMILES string of the molecule is Cc1cccc(C(=O)Nc2cccc(C(=O)O)n2)c1. The summed E-state index contributed by atoms with van der Waals surface area (Å²) in [7, 11) is 0. The molecule has 0 bridgehead atoms. The molecule has 1 heterocycles. The summed E-state index contributed by atoms with van der Waals surface area (Å²) in [5.74, 6) is -1.24. The molecule has 1 aromatic carbocycles. The van der Waals surface area contributed by atoms with Gasteiger partial charge in [-0.05, 0) is 31.2 Å². The lowest BCUT2D eigenvalue weighted by Gasteiger charge is -2.05. The Labute approximate surface area is 109 Å². The molecular weight excluding hydrogens is 244 g/mol. The number of amides is 1. The van der Waals surface area contributed by atoms with Crippen LogP contribution in [0.25, 0.3) is 0 Å². The number of aryl methyl sites for hydroxylation is 1. The molecule has 19 heavy (non-hydrogen) atoms. The average Bonchev–Trinajstić information content (AvgIpc) is 2.39. The van der Waals surface area contributed by atoms with Crippen molar-refractivity contribution in [3.05, 3.63) is 59.3 Å². The predicted octanol–water partition coefficient (Wildman–Crippen LogP) is 2.34. The van der Waals surface area contributed by atoms with E-state index in [1.807, 2.05) is 13.0 Å². The third-order valence-corrected chi connectivity index (χ3v) is 2.49. The highest BCUT2D eigenvalue weighted by Crippen LogP contribution is 2.09. The van der Waals surface area contributed by atoms with Gasteiger partial charge in [0.15, 0.2) is 5.69 Å². The number of anilines is 1. The van der Waals surface area contributed by atoms with Crippen molar-refractivity contribution in [2.45, 2.75) is 6.92 Å². The van der Waals surface area contributed by atoms with E-state index in [1.54, 1.807) is 24.3 Å². The smallest absolute Gasteiger partial charge is 0.354 e. The van der Waals surface area contributed by atoms with Crippen LogP contribution in [0.2, 0.25) is 0 Å². The summed E-state index contributed by atoms with van der Waals surface area (Å²) in [6, 6.07) is 11.5. The van der Waals surface area contributed by atoms with Crippen LogP contribution < -0.4 is 5.32 Å². The minimum atomic E-state index is -1.13. The van der Waals surface area contributed by atoms with Gasteiger partial charge in [0.25, 0.3) is 5.91 Å². The Morgan fingerprint density at radius 2 is 1.89 bits per heavy atom. The van der Waals surface area contributed by atoms with Gasteiger partial charge in [-0.2, -0.15) is 0 Å². The standard InChI is InChI=1S/C14H12N2O3/c1-9-4-2-5-10(8-9)13(17)16-12-7-3-6-11(15-12)14(18)19/h2-8H,1H3,(H,18,19)(H,15,16,17). The highest BCUT2D eigenvalue weighted by atomic mass is 16.4. The summed E-state index contributed by atoms with van der Waals surface area (Å²) in [6.45, 7) is 1.89. The lowest BCUT2D eigenvalue weighted by atomic mass is 10.1. The van der Waals surface area contributed by atoms with Crippen molar-refractivity contribution in [2.75, 3.05) is 5.32 Å². The molecule has 2 aromatic rings. The van der Waals surface area contributed by atoms with E-state index in [1.165, 1.54) is 12.1 Å². The second-order valence-corrected chi connectivity index (χ2v) is 4.04. The molecule has 0 spiro atoms. The van der Waals surface area contributed by atoms with Crippen LogP contribution >= 0.6 is 0 Å². The lowest BCUT2D eigenvalue weighted by molar-refractivity contribution is 0.0690. The highest BCUT2D eigenvalue weighted by Gasteiger charge is 2.09. The van der Waals surface area contributed by atoms with E-state index in [0.29, 0.717) is 5.56 Å². The maximum atomic E-state index is 11.9. The van der Waals surface area contributed by atoms with E-state index < -0.39 is 5.97 Å². The van der Waals surface area contributed by atoms with Crippen molar-refractivity contribution in [3.63, 3.8) is 0 Å². The fraction of sp³-hybridized carbons (Fsp3) is 0.0714. The van der Waals surface area contributed by atoms with Crippen LogP contribution in [0.3, 0.4) is 0 Å². The Morgan fingerprint density at radius 1 is 1.16 bits per heavy atom. The summed E-state index contributed by atoms with van der Waals surface area (Å²) in [6.07, 6.45) is 0. The summed E-state index contributed by atoms with van der Waals surface area (Å²) < 4.78 is 0. The van der Waals surface area contributed by atoms with E-state index in [9.17, 15) is 9.59 Å². The van der Waals surface area contributed by atoms with Gasteiger partial charge in [-0.1, -0.05) is 23.8 Å². The molecule has 5 heteroatoms. The Morgan fingerprint density at radius 3 is 2.58 bits per heavy atom. The number of pyridine rings is 1. The van der Waals surface area contributed by atoms with Gasteiger partial charge in [-0.3, -0.25) is 4.79 Å². The molecule has 0 aliphatic carbocycles. The van der Waals surface area contributed by atoms with Crippen LogP contribution in [0.4, 0.5) is 5.82 Å². The fourth-order valence-corrected chi connectivity index (χ4v) is 1.60. The largest absolute Gasteiger partial charge is 0.477 e. The summed E-state index contributed by atoms with van der Waals surface area (Å²) in [5.41, 5.74) is 1.37. The fourth-order valence-electron chi connectivity index (χ4n) is 1.60. The van der Waals surface area contributed by atoms with Gasteiger partial charge < -0.3 is 10.4 Å². The molecule has 0 unspecified atom stereocenters. The molecule has 5 nitrogen and oxygen atoms in total. The zero-order valence-corrected chi connectivity index (χ0v) is 10.3. The van der Waals surface area contributed by atoms with Crippen LogP contribution in [-0.2, 0) is 0 Å². The van der Waals surface area contributed by atoms with Crippen LogP contribution in [0.5, 0.6) is 0 Å². The summed E-state index contributed by atoms with van der Waals surface area (Å²) >= 11 is 0. The van der Waals surface area contributed by atoms with Crippen molar-refractivity contribution in [2.24, 2.45) is 0 Å². The first-order valence-corrected chi connectivity index (χ1v) is 5.64. The van der Waals surface area contributed by atoms with Gasteiger partial charge in [0.05, 0.1) is 0 Å². The topological polar surface area (TPSA) is 79.3 Å². The van der Waals surface area contributed by atoms with E-state index >= 15 is 0 Å². The molecule has 0 saturated carbocycles. The minimum absolute atomic E-state index is 0.109. The predicted molar refractivity (Wildman–Crippen MR) is 70.3 cm³/mol. The maximum Gasteiger partial charge on any atom is 0.354 e. The first-order valence-electron chi connectivity index (χ1n) is 5.64. The van der Waals surface area contributed by atoms with Gasteiger partial charge in [-0.15, -0.1) is 0 Å². The van der Waals surface area contributed by atoms with Crippen molar-refractivity contribution in [1.82, 2.24) is 4.98 Å². The summed E-state index contributed by atoms with van der Waals surface area (Å²) in [4.78, 5) is 26.6. The van der Waals surface area contributed by atoms with Crippen LogP contribution in [0.15, 0.2) is 42.5 Å². The normalized spacial score (nSPS) is 9.95. The quantitative estimate of drug-likeness (QED) is 0.883. The van der Waals surface area contributed by atoms with Crippen LogP contribution in [-0.4, -0.2) is 22.0 Å². The molecule has 0 atom stereocenters. The van der Waals surface area contributed by atoms with Crippen molar-refractivity contribution < 1.29 is 14.7 Å². The Bertz CT molecular complexity index is 638. The number of hydrogen-bond donors (Lipinski definition) is 2. The van der Waals surface area contributed by atoms with Gasteiger partial charge in [0.1, 0.15) is 5.82 Å². The summed E-state index contributed by atoms with van der Waals surface area (Å²) in [5, 5.41) is 11.4. The van der Waals surface area contributed by atoms with Crippen LogP contribution in [0, 0.1) is 6.92 Å². The molecule has 0 radical (unpaired) electrons. The molecule has 1 amide bonds. The molecule has 0 aliphatic heterocycles. The maximum absolute atomic E-state index is 11.9. The van der Waals surface area contributed by atoms with Gasteiger partial charge in [0.2, 0.25) is 0 Å². The van der Waals surface area contributed by atoms with E-state index in [2.05, 4.69) is 10.3 Å². The van der Waals surface area contributed by atoms with Crippen molar-refractivity contribution in [3.8, 4) is 0 Å². The molecule has 0 fully saturated rings. The number of nitrogens with one attached hydrogen (secondary N) is 1. The number of nitrogens with zero attached hydrogens (tertiary/aromatic N) is 1. The Hall–Kier alpha value is -2.69. The van der Waals surface area contributed by atoms with Gasteiger partial charge in [-0.25, -0.2) is 9.78 Å². The number of carboxylic acid groups (broad SMARTS) is 1. The van der Waals surface area contributed by atoms with Crippen molar-refractivity contribution in [1.29, 1.82) is 0 Å². The number of benzene rings is 1. The number of aromatic carboxylic acids is 1. The number of carbonyl (C=O) groups is 2. The van der Waals surface area contributed by atoms with Crippen molar-refractivity contribution >= 4 is 17.7 Å². The van der Waals surface area contributed by atoms with Gasteiger partial charge in [0, 0.05) is 5.56 Å². The first kappa shape index (κ1) is 12.8. The number of hydrogen-bond acceptors (Lipinski definition) is 3. The Balaban J connectivity index is 2.19. The zero-order valence-electron chi connectivity index (χ0n) is 10.3. The molecule has 0 aliphatic rings. The second-order valence-electron chi connectivity index (χ2n) is 4.04. The Kier molecular flexibility index (Phi) is 3.56. The minimum Gasteiger partial charge on any atom is -0.477 e. The molecular formula is C14H12N2O3. The molecule has 2 rings (SSSR count). The van der Waals surface area contributed by atoms with E-state index in [0.717, 1.165) is 5.56 Å². The van der Waals surface area contributed by atoms with Crippen LogP contribution in [0.1, 0.15) is 26.4 Å². The van der Waals surface area contributed by atoms with E-state index in [4.69, 9.17) is 5.11 Å². The molecule has 1 aromatic heterocycles. The number of rotatable bonds is 3. The first-order chi connectivity index (χ1) is 9.06. The number of carbonyl (C=O) groups excluding carboxylic acids is 1. The number of aromatic nitrogens is 1. The van der Waals surface area contributed by atoms with E-state index in [-0.39, 0.29) is 17.4 Å². The second kappa shape index (κ2) is 5.30. The third-order valence-electron chi connectivity index (χ3n) is 2.49. The molecule has 0 saturated heterocycles.